The maximum atomic E-state index is 12.9. The molecule has 4 nitrogen and oxygen atoms in total. The zero-order valence-corrected chi connectivity index (χ0v) is 12.4. The van der Waals surface area contributed by atoms with E-state index in [1.807, 2.05) is 0 Å². The van der Waals surface area contributed by atoms with E-state index in [1.54, 1.807) is 20.8 Å². The van der Waals surface area contributed by atoms with Crippen molar-refractivity contribution in [3.05, 3.63) is 29.6 Å². The zero-order valence-electron chi connectivity index (χ0n) is 11.6. The molecule has 0 aliphatic rings. The minimum absolute atomic E-state index is 0.142. The second kappa shape index (κ2) is 5.46. The molecule has 0 aromatic heterocycles. The van der Waals surface area contributed by atoms with Gasteiger partial charge < -0.3 is 10.4 Å². The van der Waals surface area contributed by atoms with Crippen molar-refractivity contribution in [1.82, 2.24) is 5.32 Å². The van der Waals surface area contributed by atoms with E-state index in [1.165, 1.54) is 18.4 Å². The summed E-state index contributed by atoms with van der Waals surface area (Å²) in [4.78, 5) is 0. The van der Waals surface area contributed by atoms with E-state index in [4.69, 9.17) is 0 Å². The molecule has 1 aromatic rings. The Bertz CT molecular complexity index is 555. The lowest BCUT2D eigenvalue weighted by molar-refractivity contribution is 0.439. The average molecular weight is 289 g/mol. The predicted molar refractivity (Wildman–Crippen MR) is 73.4 cm³/mol. The topological polar surface area (TPSA) is 66.4 Å². The second-order valence-corrected chi connectivity index (χ2v) is 7.99. The van der Waals surface area contributed by atoms with Gasteiger partial charge in [-0.3, -0.25) is 0 Å². The van der Waals surface area contributed by atoms with Gasteiger partial charge in [0.2, 0.25) is 0 Å². The first kappa shape index (κ1) is 15.9. The van der Waals surface area contributed by atoms with Crippen LogP contribution in [0.4, 0.5) is 4.39 Å². The van der Waals surface area contributed by atoms with Gasteiger partial charge in [-0.25, -0.2) is 12.8 Å². The maximum Gasteiger partial charge on any atom is 0.153 e. The van der Waals surface area contributed by atoms with Crippen molar-refractivity contribution in [2.24, 2.45) is 0 Å². The van der Waals surface area contributed by atoms with Gasteiger partial charge in [-0.1, -0.05) is 6.07 Å². The van der Waals surface area contributed by atoms with Crippen LogP contribution in [0.15, 0.2) is 18.2 Å². The first-order valence-corrected chi connectivity index (χ1v) is 7.85. The van der Waals surface area contributed by atoms with Crippen LogP contribution < -0.4 is 5.32 Å². The third-order valence-corrected chi connectivity index (χ3v) is 5.45. The van der Waals surface area contributed by atoms with E-state index in [2.05, 4.69) is 5.32 Å². The third kappa shape index (κ3) is 3.91. The van der Waals surface area contributed by atoms with Gasteiger partial charge >= 0.3 is 0 Å². The molecule has 0 spiro atoms. The molecule has 1 atom stereocenters. The van der Waals surface area contributed by atoms with Crippen molar-refractivity contribution in [3.8, 4) is 5.75 Å². The van der Waals surface area contributed by atoms with Crippen LogP contribution in [-0.4, -0.2) is 31.1 Å². The van der Waals surface area contributed by atoms with E-state index in [-0.39, 0.29) is 18.3 Å². The van der Waals surface area contributed by atoms with E-state index < -0.39 is 20.4 Å². The molecular weight excluding hydrogens is 269 g/mol. The monoisotopic (exact) mass is 289 g/mol. The molecule has 0 aliphatic carbocycles. The summed E-state index contributed by atoms with van der Waals surface area (Å²) in [7, 11) is -3.18. The minimum Gasteiger partial charge on any atom is -0.508 e. The van der Waals surface area contributed by atoms with Crippen molar-refractivity contribution in [3.63, 3.8) is 0 Å². The molecule has 108 valence electrons. The number of phenols is 1. The van der Waals surface area contributed by atoms with Gasteiger partial charge in [0, 0.05) is 30.5 Å². The molecule has 2 N–H and O–H groups in total. The molecule has 19 heavy (non-hydrogen) atoms. The molecule has 0 saturated heterocycles. The summed E-state index contributed by atoms with van der Waals surface area (Å²) in [5.74, 6) is -0.651. The Kier molecular flexibility index (Phi) is 4.58. The highest BCUT2D eigenvalue weighted by Gasteiger charge is 2.30. The molecule has 1 aromatic carbocycles. The summed E-state index contributed by atoms with van der Waals surface area (Å²) >= 11 is 0. The average Bonchev–Trinajstić information content (AvgIpc) is 2.24. The van der Waals surface area contributed by atoms with Gasteiger partial charge in [-0.05, 0) is 26.8 Å². The molecular formula is C13H20FNO3S. The Balaban J connectivity index is 2.79. The van der Waals surface area contributed by atoms with Crippen molar-refractivity contribution in [1.29, 1.82) is 0 Å². The molecule has 0 fully saturated rings. The summed E-state index contributed by atoms with van der Waals surface area (Å²) in [5.41, 5.74) is 0.533. The molecule has 1 rings (SSSR count). The summed E-state index contributed by atoms with van der Waals surface area (Å²) in [6.45, 7) is 5.29. The SMILES string of the molecule is CC(NCC(C)(C)S(C)(=O)=O)c1ccc(F)cc1O. The van der Waals surface area contributed by atoms with Crippen molar-refractivity contribution in [2.45, 2.75) is 31.6 Å². The number of benzene rings is 1. The van der Waals surface area contributed by atoms with Crippen LogP contribution in [0.1, 0.15) is 32.4 Å². The lowest BCUT2D eigenvalue weighted by Gasteiger charge is -2.25. The molecule has 0 radical (unpaired) electrons. The van der Waals surface area contributed by atoms with E-state index in [0.29, 0.717) is 5.56 Å². The van der Waals surface area contributed by atoms with Gasteiger partial charge in [0.05, 0.1) is 4.75 Å². The highest BCUT2D eigenvalue weighted by Crippen LogP contribution is 2.25. The van der Waals surface area contributed by atoms with E-state index >= 15 is 0 Å². The first-order chi connectivity index (χ1) is 8.54. The quantitative estimate of drug-likeness (QED) is 0.870. The first-order valence-electron chi connectivity index (χ1n) is 5.96. The molecule has 0 bridgehead atoms. The van der Waals surface area contributed by atoms with Crippen molar-refractivity contribution >= 4 is 9.84 Å². The molecule has 0 heterocycles. The Labute approximate surface area is 113 Å². The Morgan fingerprint density at radius 1 is 1.42 bits per heavy atom. The summed E-state index contributed by atoms with van der Waals surface area (Å²) in [6.07, 6.45) is 1.19. The number of aromatic hydroxyl groups is 1. The fourth-order valence-corrected chi connectivity index (χ4v) is 1.87. The fourth-order valence-electron chi connectivity index (χ4n) is 1.52. The number of nitrogens with one attached hydrogen (secondary N) is 1. The summed E-state index contributed by atoms with van der Waals surface area (Å²) < 4.78 is 35.1. The van der Waals surface area contributed by atoms with Crippen molar-refractivity contribution < 1.29 is 17.9 Å². The Morgan fingerprint density at radius 3 is 2.47 bits per heavy atom. The van der Waals surface area contributed by atoms with Gasteiger partial charge in [0.25, 0.3) is 0 Å². The van der Waals surface area contributed by atoms with Crippen LogP contribution in [0.25, 0.3) is 0 Å². The number of halogens is 1. The van der Waals surface area contributed by atoms with E-state index in [0.717, 1.165) is 6.07 Å². The number of hydrogen-bond acceptors (Lipinski definition) is 4. The number of rotatable bonds is 5. The molecule has 0 saturated carbocycles. The predicted octanol–water partition coefficient (Wildman–Crippen LogP) is 2.01. The molecule has 0 aliphatic heterocycles. The zero-order chi connectivity index (χ0) is 14.8. The van der Waals surface area contributed by atoms with Crippen molar-refractivity contribution in [2.75, 3.05) is 12.8 Å². The molecule has 1 unspecified atom stereocenters. The highest BCUT2D eigenvalue weighted by molar-refractivity contribution is 7.92. The number of hydrogen-bond donors (Lipinski definition) is 2. The van der Waals surface area contributed by atoms with Crippen LogP contribution in [0.3, 0.4) is 0 Å². The Morgan fingerprint density at radius 2 is 2.00 bits per heavy atom. The largest absolute Gasteiger partial charge is 0.508 e. The third-order valence-electron chi connectivity index (χ3n) is 3.30. The van der Waals surface area contributed by atoms with Crippen LogP contribution >= 0.6 is 0 Å². The van der Waals surface area contributed by atoms with Gasteiger partial charge in [-0.15, -0.1) is 0 Å². The molecule has 0 amide bonds. The normalized spacial score (nSPS) is 14.4. The van der Waals surface area contributed by atoms with Gasteiger partial charge in [-0.2, -0.15) is 0 Å². The van der Waals surface area contributed by atoms with Gasteiger partial charge in [0.1, 0.15) is 11.6 Å². The second-order valence-electron chi connectivity index (χ2n) is 5.34. The number of phenolic OH excluding ortho intramolecular Hbond substituents is 1. The standard InChI is InChI=1S/C13H20FNO3S/c1-9(11-6-5-10(14)7-12(11)16)15-8-13(2,3)19(4,17)18/h5-7,9,15-16H,8H2,1-4H3. The highest BCUT2D eigenvalue weighted by atomic mass is 32.2. The molecule has 6 heteroatoms. The lowest BCUT2D eigenvalue weighted by atomic mass is 10.1. The van der Waals surface area contributed by atoms with Gasteiger partial charge in [0.15, 0.2) is 9.84 Å². The lowest BCUT2D eigenvalue weighted by Crippen LogP contribution is -2.42. The van der Waals surface area contributed by atoms with Crippen LogP contribution in [0.5, 0.6) is 5.75 Å². The van der Waals surface area contributed by atoms with Crippen LogP contribution in [0.2, 0.25) is 0 Å². The minimum atomic E-state index is -3.18. The number of sulfone groups is 1. The maximum absolute atomic E-state index is 12.9. The van der Waals surface area contributed by atoms with Crippen LogP contribution in [-0.2, 0) is 9.84 Å². The summed E-state index contributed by atoms with van der Waals surface area (Å²) in [5, 5.41) is 12.7. The van der Waals surface area contributed by atoms with Crippen LogP contribution in [0, 0.1) is 5.82 Å². The van der Waals surface area contributed by atoms with E-state index in [9.17, 15) is 17.9 Å². The summed E-state index contributed by atoms with van der Waals surface area (Å²) in [6, 6.07) is 3.50. The Hall–Kier alpha value is -1.14. The fraction of sp³-hybridized carbons (Fsp3) is 0.538. The smallest absolute Gasteiger partial charge is 0.153 e.